The molecule has 0 radical (unpaired) electrons. The van der Waals surface area contributed by atoms with Crippen molar-refractivity contribution in [1.82, 2.24) is 9.55 Å². The van der Waals surface area contributed by atoms with Crippen molar-refractivity contribution >= 4 is 23.8 Å². The fraction of sp³-hybridized carbons (Fsp3) is 0.600. The summed E-state index contributed by atoms with van der Waals surface area (Å²) in [7, 11) is 1.87. The minimum atomic E-state index is -0.817. The predicted molar refractivity (Wildman–Crippen MR) is 143 cm³/mol. The van der Waals surface area contributed by atoms with Gasteiger partial charge in [-0.3, -0.25) is 9.59 Å². The molecule has 0 unspecified atom stereocenters. The first kappa shape index (κ1) is 28.6. The summed E-state index contributed by atoms with van der Waals surface area (Å²) in [5.74, 6) is -0.0411. The van der Waals surface area contributed by atoms with Crippen LogP contribution in [0.2, 0.25) is 0 Å². The average Bonchev–Trinajstić information content (AvgIpc) is 3.23. The van der Waals surface area contributed by atoms with E-state index >= 15 is 0 Å². The first-order valence-corrected chi connectivity index (χ1v) is 13.3. The van der Waals surface area contributed by atoms with E-state index in [2.05, 4.69) is 31.8 Å². The van der Waals surface area contributed by atoms with Crippen molar-refractivity contribution in [1.29, 1.82) is 0 Å². The number of nitrogens with zero attached hydrogens (tertiary/aromatic N) is 2. The van der Waals surface area contributed by atoms with Gasteiger partial charge in [0.05, 0.1) is 17.4 Å². The number of carbonyl (C=O) groups is 3. The molecular weight excluding hydrogens is 468 g/mol. The number of imidazole rings is 1. The molecule has 202 valence electrons. The van der Waals surface area contributed by atoms with E-state index < -0.39 is 17.5 Å². The van der Waals surface area contributed by atoms with Crippen molar-refractivity contribution in [2.24, 2.45) is 36.1 Å². The third-order valence-corrected chi connectivity index (χ3v) is 7.48. The van der Waals surface area contributed by atoms with E-state index in [1.54, 1.807) is 39.3 Å². The molecular formula is C30H42N2O5. The first-order valence-electron chi connectivity index (χ1n) is 13.3. The molecule has 37 heavy (non-hydrogen) atoms. The molecule has 0 N–H and O–H groups in total. The molecule has 0 saturated heterocycles. The second-order valence-corrected chi connectivity index (χ2v) is 11.9. The Balaban J connectivity index is 1.87. The number of aromatic nitrogens is 2. The van der Waals surface area contributed by atoms with E-state index in [1.807, 2.05) is 17.8 Å². The fourth-order valence-electron chi connectivity index (χ4n) is 5.32. The summed E-state index contributed by atoms with van der Waals surface area (Å²) >= 11 is 0. The highest BCUT2D eigenvalue weighted by atomic mass is 16.6. The summed E-state index contributed by atoms with van der Waals surface area (Å²) in [5.41, 5.74) is 1.23. The Hall–Kier alpha value is -2.96. The molecule has 5 atom stereocenters. The van der Waals surface area contributed by atoms with Crippen molar-refractivity contribution < 1.29 is 23.9 Å². The minimum Gasteiger partial charge on any atom is -0.459 e. The largest absolute Gasteiger partial charge is 0.459 e. The van der Waals surface area contributed by atoms with E-state index in [1.165, 1.54) is 17.7 Å². The molecule has 1 heterocycles. The van der Waals surface area contributed by atoms with Crippen LogP contribution in [0.4, 0.5) is 0 Å². The predicted octanol–water partition coefficient (Wildman–Crippen LogP) is 5.47. The molecule has 7 nitrogen and oxygen atoms in total. The van der Waals surface area contributed by atoms with E-state index in [4.69, 9.17) is 9.47 Å². The molecule has 1 aromatic heterocycles. The van der Waals surface area contributed by atoms with Gasteiger partial charge >= 0.3 is 11.9 Å². The zero-order valence-corrected chi connectivity index (χ0v) is 23.3. The Morgan fingerprint density at radius 3 is 2.51 bits per heavy atom. The monoisotopic (exact) mass is 510 g/mol. The summed E-state index contributed by atoms with van der Waals surface area (Å²) in [6.45, 7) is 11.9. The van der Waals surface area contributed by atoms with Gasteiger partial charge in [0, 0.05) is 25.7 Å². The summed E-state index contributed by atoms with van der Waals surface area (Å²) in [6.07, 6.45) is 13.3. The smallest absolute Gasteiger partial charge is 0.331 e. The molecule has 3 rings (SSSR count). The van der Waals surface area contributed by atoms with Gasteiger partial charge in [-0.15, -0.1) is 0 Å². The standard InChI is InChI=1S/C30H42N2O5/c1-19(2)23-13-11-20(3)24-15-22(36-28(34)14-12-21-17-32(7)18-31-21)9-8-10-26(33)27(16-25(23)24)37-29(35)30(4,5)6/h8,10-12,14,17-19,22-25,27H,9,13,15-16H2,1-7H3/b10-8?,14-12+/t22-,23-,24+,25-,27-/m1/s1. The van der Waals surface area contributed by atoms with Gasteiger partial charge in [-0.05, 0) is 82.8 Å². The Morgan fingerprint density at radius 2 is 1.89 bits per heavy atom. The fourth-order valence-corrected chi connectivity index (χ4v) is 5.32. The number of ether oxygens (including phenoxy) is 2. The van der Waals surface area contributed by atoms with Crippen LogP contribution in [0.25, 0.3) is 6.08 Å². The number of fused-ring (bicyclic) bond motifs is 1. The average molecular weight is 511 g/mol. The van der Waals surface area contributed by atoms with Crippen LogP contribution in [0.3, 0.4) is 0 Å². The van der Waals surface area contributed by atoms with Crippen LogP contribution >= 0.6 is 0 Å². The number of aryl methyl sites for hydroxylation is 1. The number of ketones is 1. The lowest BCUT2D eigenvalue weighted by atomic mass is 9.64. The van der Waals surface area contributed by atoms with Crippen LogP contribution in [-0.4, -0.2) is 39.5 Å². The zero-order chi connectivity index (χ0) is 27.3. The number of hydrogen-bond acceptors (Lipinski definition) is 6. The van der Waals surface area contributed by atoms with Crippen LogP contribution < -0.4 is 0 Å². The van der Waals surface area contributed by atoms with Gasteiger partial charge < -0.3 is 14.0 Å². The lowest BCUT2D eigenvalue weighted by Gasteiger charge is -2.42. The van der Waals surface area contributed by atoms with Gasteiger partial charge in [-0.25, -0.2) is 9.78 Å². The SMILES string of the molecule is CC1=CC[C@H](C(C)C)[C@H]2C[C@@H](OC(=O)C(C)(C)C)C(=O)C=CC[C@@H](OC(=O)/C=C/c3cn(C)cn3)C[C@@H]12. The number of hydrogen-bond donors (Lipinski definition) is 0. The zero-order valence-electron chi connectivity index (χ0n) is 23.3. The summed E-state index contributed by atoms with van der Waals surface area (Å²) in [4.78, 5) is 42.8. The quantitative estimate of drug-likeness (QED) is 0.297. The molecule has 0 amide bonds. The van der Waals surface area contributed by atoms with E-state index in [0.717, 1.165) is 6.42 Å². The van der Waals surface area contributed by atoms with Gasteiger partial charge in [-0.1, -0.05) is 31.6 Å². The molecule has 0 aromatic carbocycles. The third kappa shape index (κ3) is 7.76. The lowest BCUT2D eigenvalue weighted by molar-refractivity contribution is -0.163. The first-order chi connectivity index (χ1) is 17.3. The van der Waals surface area contributed by atoms with Gasteiger partial charge in [-0.2, -0.15) is 0 Å². The highest BCUT2D eigenvalue weighted by Gasteiger charge is 2.41. The van der Waals surface area contributed by atoms with Gasteiger partial charge in [0.2, 0.25) is 0 Å². The molecule has 0 bridgehead atoms. The molecule has 0 spiro atoms. The third-order valence-electron chi connectivity index (χ3n) is 7.48. The molecule has 0 fully saturated rings. The van der Waals surface area contributed by atoms with Crippen LogP contribution in [0.5, 0.6) is 0 Å². The van der Waals surface area contributed by atoms with Crippen molar-refractivity contribution in [2.45, 2.75) is 79.4 Å². The van der Waals surface area contributed by atoms with Crippen molar-refractivity contribution in [3.8, 4) is 0 Å². The number of carbonyl (C=O) groups excluding carboxylic acids is 3. The topological polar surface area (TPSA) is 87.5 Å². The Labute approximate surface area is 221 Å². The van der Waals surface area contributed by atoms with E-state index in [-0.39, 0.29) is 29.7 Å². The number of allylic oxidation sites excluding steroid dienone is 2. The lowest BCUT2D eigenvalue weighted by Crippen LogP contribution is -2.40. The summed E-state index contributed by atoms with van der Waals surface area (Å²) in [6, 6.07) is 0. The maximum Gasteiger partial charge on any atom is 0.331 e. The van der Waals surface area contributed by atoms with Gasteiger partial charge in [0.15, 0.2) is 11.9 Å². The van der Waals surface area contributed by atoms with Gasteiger partial charge in [0.25, 0.3) is 0 Å². The molecule has 2 aliphatic rings. The highest BCUT2D eigenvalue weighted by molar-refractivity contribution is 5.95. The Kier molecular flexibility index (Phi) is 9.32. The van der Waals surface area contributed by atoms with Crippen LogP contribution in [0, 0.1) is 29.1 Å². The van der Waals surface area contributed by atoms with Crippen LogP contribution in [0.15, 0.2) is 42.4 Å². The Morgan fingerprint density at radius 1 is 1.16 bits per heavy atom. The normalized spacial score (nSPS) is 27.1. The molecule has 2 aliphatic carbocycles. The Bertz CT molecular complexity index is 1070. The highest BCUT2D eigenvalue weighted by Crippen LogP contribution is 2.44. The molecule has 1 aromatic rings. The molecule has 7 heteroatoms. The van der Waals surface area contributed by atoms with Crippen LogP contribution in [0.1, 0.15) is 72.9 Å². The van der Waals surface area contributed by atoms with Crippen molar-refractivity contribution in [2.75, 3.05) is 0 Å². The summed E-state index contributed by atoms with van der Waals surface area (Å²) in [5, 5.41) is 0. The minimum absolute atomic E-state index is 0.119. The summed E-state index contributed by atoms with van der Waals surface area (Å²) < 4.78 is 13.5. The van der Waals surface area contributed by atoms with E-state index in [0.29, 0.717) is 36.8 Å². The number of rotatable bonds is 5. The second-order valence-electron chi connectivity index (χ2n) is 11.9. The van der Waals surface area contributed by atoms with Crippen LogP contribution in [-0.2, 0) is 30.9 Å². The van der Waals surface area contributed by atoms with Crippen molar-refractivity contribution in [3.63, 3.8) is 0 Å². The number of esters is 2. The van der Waals surface area contributed by atoms with Gasteiger partial charge in [0.1, 0.15) is 6.10 Å². The maximum atomic E-state index is 13.2. The second kappa shape index (κ2) is 12.1. The molecule has 0 aliphatic heterocycles. The van der Waals surface area contributed by atoms with E-state index in [9.17, 15) is 14.4 Å². The maximum absolute atomic E-state index is 13.2. The van der Waals surface area contributed by atoms with Crippen molar-refractivity contribution in [3.05, 3.63) is 48.1 Å². The molecule has 0 saturated carbocycles.